The van der Waals surface area contributed by atoms with E-state index in [1.165, 1.54) is 10.5 Å². The predicted molar refractivity (Wildman–Crippen MR) is 86.4 cm³/mol. The monoisotopic (exact) mass is 309 g/mol. The van der Waals surface area contributed by atoms with E-state index in [1.54, 1.807) is 16.4 Å². The number of nitrogens with zero attached hydrogens (tertiary/aromatic N) is 2. The largest absolute Gasteiger partial charge is 0.313 e. The van der Waals surface area contributed by atoms with E-state index in [-0.39, 0.29) is 0 Å². The minimum atomic E-state index is 0.379. The molecule has 0 bridgehead atoms. The third-order valence-corrected chi connectivity index (χ3v) is 4.98. The molecule has 1 aromatic carbocycles. The second-order valence-corrected chi connectivity index (χ2v) is 6.25. The summed E-state index contributed by atoms with van der Waals surface area (Å²) in [7, 11) is 3.85. The van der Waals surface area contributed by atoms with Crippen LogP contribution >= 0.6 is 23.4 Å². The predicted octanol–water partition coefficient (Wildman–Crippen LogP) is 3.95. The van der Waals surface area contributed by atoms with Crippen LogP contribution in [0.15, 0.2) is 29.2 Å². The van der Waals surface area contributed by atoms with Crippen LogP contribution in [-0.2, 0) is 12.8 Å². The van der Waals surface area contributed by atoms with Crippen molar-refractivity contribution in [3.05, 3.63) is 46.2 Å². The lowest BCUT2D eigenvalue weighted by atomic mass is 10.1. The molecule has 2 aromatic rings. The van der Waals surface area contributed by atoms with E-state index in [2.05, 4.69) is 41.6 Å². The van der Waals surface area contributed by atoms with Gasteiger partial charge in [0.25, 0.3) is 0 Å². The summed E-state index contributed by atoms with van der Waals surface area (Å²) >= 11 is 8.03. The van der Waals surface area contributed by atoms with Gasteiger partial charge in [-0.1, -0.05) is 23.7 Å². The summed E-state index contributed by atoms with van der Waals surface area (Å²) < 4.78 is 1.73. The zero-order valence-electron chi connectivity index (χ0n) is 12.3. The second kappa shape index (κ2) is 6.66. The minimum Gasteiger partial charge on any atom is -0.313 e. The molecular weight excluding hydrogens is 290 g/mol. The Hall–Kier alpha value is -0.970. The summed E-state index contributed by atoms with van der Waals surface area (Å²) in [5.74, 6) is 0.847. The van der Waals surface area contributed by atoms with Gasteiger partial charge in [-0.3, -0.25) is 4.68 Å². The molecule has 0 spiro atoms. The lowest BCUT2D eigenvalue weighted by Gasteiger charge is -2.11. The Bertz CT molecular complexity index is 578. The van der Waals surface area contributed by atoms with Crippen molar-refractivity contribution in [1.29, 1.82) is 0 Å². The normalized spacial score (nSPS) is 12.7. The average Bonchev–Trinajstić information content (AvgIpc) is 2.70. The molecule has 0 amide bonds. The highest BCUT2D eigenvalue weighted by molar-refractivity contribution is 7.98. The molecule has 1 N–H and O–H groups in total. The third kappa shape index (κ3) is 3.37. The van der Waals surface area contributed by atoms with Gasteiger partial charge in [-0.2, -0.15) is 5.10 Å². The van der Waals surface area contributed by atoms with Gasteiger partial charge in [-0.25, -0.2) is 0 Å². The van der Waals surface area contributed by atoms with Gasteiger partial charge in [0, 0.05) is 29.3 Å². The maximum Gasteiger partial charge on any atom is 0.131 e. The van der Waals surface area contributed by atoms with E-state index in [9.17, 15) is 0 Å². The summed E-state index contributed by atoms with van der Waals surface area (Å²) in [5, 5.41) is 8.31. The van der Waals surface area contributed by atoms with Gasteiger partial charge < -0.3 is 5.32 Å². The van der Waals surface area contributed by atoms with Crippen LogP contribution in [0.4, 0.5) is 0 Å². The molecule has 1 atom stereocenters. The van der Waals surface area contributed by atoms with Crippen molar-refractivity contribution in [2.45, 2.75) is 30.5 Å². The van der Waals surface area contributed by atoms with Gasteiger partial charge in [0.05, 0.1) is 5.69 Å². The smallest absolute Gasteiger partial charge is 0.131 e. The first kappa shape index (κ1) is 15.4. The van der Waals surface area contributed by atoms with Crippen LogP contribution in [0.3, 0.4) is 0 Å². The second-order valence-electron chi connectivity index (χ2n) is 4.85. The minimum absolute atomic E-state index is 0.379. The van der Waals surface area contributed by atoms with Crippen molar-refractivity contribution in [1.82, 2.24) is 15.1 Å². The summed E-state index contributed by atoms with van der Waals surface area (Å²) in [6.45, 7) is 4.15. The van der Waals surface area contributed by atoms with E-state index < -0.39 is 0 Å². The zero-order chi connectivity index (χ0) is 14.7. The first-order valence-electron chi connectivity index (χ1n) is 6.61. The summed E-state index contributed by atoms with van der Waals surface area (Å²) in [6.07, 6.45) is 0. The quantitative estimate of drug-likeness (QED) is 0.848. The molecule has 0 radical (unpaired) electrons. The highest BCUT2D eigenvalue weighted by Crippen LogP contribution is 2.29. The van der Waals surface area contributed by atoms with Crippen molar-refractivity contribution >= 4 is 23.4 Å². The van der Waals surface area contributed by atoms with Gasteiger partial charge in [0.1, 0.15) is 5.15 Å². The molecule has 1 unspecified atom stereocenters. The molecule has 108 valence electrons. The molecule has 3 nitrogen and oxygen atoms in total. The number of aryl methyl sites for hydroxylation is 2. The molecule has 0 saturated heterocycles. The molecular formula is C15H20ClN3S. The Balaban J connectivity index is 2.04. The maximum atomic E-state index is 6.24. The van der Waals surface area contributed by atoms with E-state index in [0.717, 1.165) is 22.2 Å². The fourth-order valence-electron chi connectivity index (χ4n) is 2.01. The number of hydrogen-bond acceptors (Lipinski definition) is 3. The standard InChI is InChI=1S/C15H20ClN3S/c1-10(17-3)12-5-7-13(8-6-12)20-9-14-11(2)18-19(4)15(14)16/h5-8,10,17H,9H2,1-4H3. The van der Waals surface area contributed by atoms with Gasteiger partial charge in [-0.05, 0) is 38.6 Å². The fraction of sp³-hybridized carbons (Fsp3) is 0.400. The van der Waals surface area contributed by atoms with Gasteiger partial charge in [-0.15, -0.1) is 11.8 Å². The van der Waals surface area contributed by atoms with Crippen molar-refractivity contribution in [3.8, 4) is 0 Å². The lowest BCUT2D eigenvalue weighted by Crippen LogP contribution is -2.11. The zero-order valence-corrected chi connectivity index (χ0v) is 13.8. The van der Waals surface area contributed by atoms with Crippen LogP contribution < -0.4 is 5.32 Å². The van der Waals surface area contributed by atoms with Crippen molar-refractivity contribution in [2.75, 3.05) is 7.05 Å². The number of rotatable bonds is 5. The molecule has 0 fully saturated rings. The third-order valence-electron chi connectivity index (χ3n) is 3.47. The van der Waals surface area contributed by atoms with Crippen molar-refractivity contribution < 1.29 is 0 Å². The van der Waals surface area contributed by atoms with Crippen LogP contribution in [0.2, 0.25) is 5.15 Å². The molecule has 5 heteroatoms. The number of halogens is 1. The Morgan fingerprint density at radius 1 is 1.35 bits per heavy atom. The topological polar surface area (TPSA) is 29.9 Å². The van der Waals surface area contributed by atoms with Crippen molar-refractivity contribution in [3.63, 3.8) is 0 Å². The molecule has 0 aliphatic rings. The van der Waals surface area contributed by atoms with E-state index in [1.807, 2.05) is 21.0 Å². The van der Waals surface area contributed by atoms with Gasteiger partial charge in [0.2, 0.25) is 0 Å². The van der Waals surface area contributed by atoms with Gasteiger partial charge in [0.15, 0.2) is 0 Å². The molecule has 0 aliphatic carbocycles. The molecule has 1 heterocycles. The molecule has 0 saturated carbocycles. The Labute approximate surface area is 129 Å². The first-order valence-corrected chi connectivity index (χ1v) is 7.97. The van der Waals surface area contributed by atoms with E-state index in [0.29, 0.717) is 6.04 Å². The van der Waals surface area contributed by atoms with E-state index in [4.69, 9.17) is 11.6 Å². The number of nitrogens with one attached hydrogen (secondary N) is 1. The molecule has 1 aromatic heterocycles. The van der Waals surface area contributed by atoms with Gasteiger partial charge >= 0.3 is 0 Å². The molecule has 2 rings (SSSR count). The number of thioether (sulfide) groups is 1. The summed E-state index contributed by atoms with van der Waals surface area (Å²) in [5.41, 5.74) is 3.42. The van der Waals surface area contributed by atoms with Crippen LogP contribution in [0.5, 0.6) is 0 Å². The van der Waals surface area contributed by atoms with Crippen LogP contribution in [0.25, 0.3) is 0 Å². The number of aromatic nitrogens is 2. The summed E-state index contributed by atoms with van der Waals surface area (Å²) in [4.78, 5) is 1.25. The molecule has 20 heavy (non-hydrogen) atoms. The van der Waals surface area contributed by atoms with E-state index >= 15 is 0 Å². The molecule has 0 aliphatic heterocycles. The SMILES string of the molecule is CNC(C)c1ccc(SCc2c(C)nn(C)c2Cl)cc1. The Morgan fingerprint density at radius 2 is 2.00 bits per heavy atom. The highest BCUT2D eigenvalue weighted by Gasteiger charge is 2.11. The number of hydrogen-bond donors (Lipinski definition) is 1. The Morgan fingerprint density at radius 3 is 2.50 bits per heavy atom. The van der Waals surface area contributed by atoms with Crippen LogP contribution in [-0.4, -0.2) is 16.8 Å². The number of benzene rings is 1. The Kier molecular flexibility index (Phi) is 5.13. The fourth-order valence-corrected chi connectivity index (χ4v) is 3.32. The lowest BCUT2D eigenvalue weighted by molar-refractivity contribution is 0.652. The first-order chi connectivity index (χ1) is 9.52. The van der Waals surface area contributed by atoms with Crippen LogP contribution in [0.1, 0.15) is 29.8 Å². The average molecular weight is 310 g/mol. The van der Waals surface area contributed by atoms with Crippen molar-refractivity contribution in [2.24, 2.45) is 7.05 Å². The highest BCUT2D eigenvalue weighted by atomic mass is 35.5. The summed E-state index contributed by atoms with van der Waals surface area (Å²) in [6, 6.07) is 9.03. The maximum absolute atomic E-state index is 6.24. The van der Waals surface area contributed by atoms with Crippen LogP contribution in [0, 0.1) is 6.92 Å².